The van der Waals surface area contributed by atoms with Crippen molar-refractivity contribution >= 4 is 34.7 Å². The van der Waals surface area contributed by atoms with Gasteiger partial charge in [0.2, 0.25) is 5.28 Å². The van der Waals surface area contributed by atoms with Crippen LogP contribution in [0.5, 0.6) is 0 Å². The molecule has 0 radical (unpaired) electrons. The summed E-state index contributed by atoms with van der Waals surface area (Å²) in [5.74, 6) is -0.401. The highest BCUT2D eigenvalue weighted by atomic mass is 35.5. The van der Waals surface area contributed by atoms with E-state index in [1.807, 2.05) is 19.1 Å². The Hall–Kier alpha value is -1.73. The number of carbonyl (C=O) groups excluding carboxylic acids is 1. The molecule has 0 spiro atoms. The van der Waals surface area contributed by atoms with E-state index in [9.17, 15) is 4.79 Å². The van der Waals surface area contributed by atoms with Crippen LogP contribution in [0.2, 0.25) is 5.28 Å². The molecule has 2 bridgehead atoms. The zero-order valence-electron chi connectivity index (χ0n) is 15.9. The molecule has 28 heavy (non-hydrogen) atoms. The first kappa shape index (κ1) is 19.6. The number of aromatic nitrogens is 2. The molecule has 3 saturated carbocycles. The van der Waals surface area contributed by atoms with Crippen LogP contribution in [0.25, 0.3) is 10.6 Å². The van der Waals surface area contributed by atoms with Gasteiger partial charge in [-0.05, 0) is 75.1 Å². The molecule has 150 valence electrons. The number of fused-ring (bicyclic) bond motifs is 3. The van der Waals surface area contributed by atoms with E-state index in [4.69, 9.17) is 16.3 Å². The summed E-state index contributed by atoms with van der Waals surface area (Å²) < 4.78 is 20.6. The van der Waals surface area contributed by atoms with E-state index in [1.54, 1.807) is 6.92 Å². The summed E-state index contributed by atoms with van der Waals surface area (Å²) in [7, 11) is 0. The van der Waals surface area contributed by atoms with Crippen molar-refractivity contribution in [3.63, 3.8) is 0 Å². The maximum absolute atomic E-state index is 15.3. The Kier molecular flexibility index (Phi) is 5.56. The maximum Gasteiger partial charge on any atom is 0.311 e. The molecule has 1 N–H and O–H groups in total. The number of aryl methyl sites for hydroxylation is 1. The number of hydrogen-bond acceptors (Lipinski definition) is 6. The molecule has 2 aromatic heterocycles. The largest absolute Gasteiger partial charge is 0.466 e. The van der Waals surface area contributed by atoms with E-state index in [2.05, 4.69) is 15.3 Å². The first-order valence-corrected chi connectivity index (χ1v) is 10.9. The van der Waals surface area contributed by atoms with Crippen molar-refractivity contribution < 1.29 is 13.9 Å². The van der Waals surface area contributed by atoms with Gasteiger partial charge in [0, 0.05) is 10.9 Å². The molecule has 5 nitrogen and oxygen atoms in total. The smallest absolute Gasteiger partial charge is 0.311 e. The number of anilines is 1. The minimum absolute atomic E-state index is 0.0152. The Morgan fingerprint density at radius 2 is 2.00 bits per heavy atom. The summed E-state index contributed by atoms with van der Waals surface area (Å²) in [6.45, 7) is 4.10. The first-order valence-electron chi connectivity index (χ1n) is 9.71. The number of nitrogens with one attached hydrogen (secondary N) is 1. The van der Waals surface area contributed by atoms with Gasteiger partial charge < -0.3 is 10.1 Å². The predicted molar refractivity (Wildman–Crippen MR) is 108 cm³/mol. The molecule has 2 heterocycles. The zero-order chi connectivity index (χ0) is 19.8. The molecule has 0 aromatic carbocycles. The molecular formula is C20H23ClFN3O2S. The fourth-order valence-electron chi connectivity index (χ4n) is 4.63. The van der Waals surface area contributed by atoms with Gasteiger partial charge in [-0.15, -0.1) is 11.3 Å². The minimum atomic E-state index is -0.532. The quantitative estimate of drug-likeness (QED) is 0.536. The minimum Gasteiger partial charge on any atom is -0.466 e. The van der Waals surface area contributed by atoms with Crippen LogP contribution in [-0.2, 0) is 9.53 Å². The van der Waals surface area contributed by atoms with Gasteiger partial charge in [-0.3, -0.25) is 4.79 Å². The van der Waals surface area contributed by atoms with E-state index >= 15 is 4.39 Å². The van der Waals surface area contributed by atoms with Crippen molar-refractivity contribution in [2.75, 3.05) is 11.9 Å². The number of halogens is 2. The van der Waals surface area contributed by atoms with Crippen LogP contribution >= 0.6 is 22.9 Å². The summed E-state index contributed by atoms with van der Waals surface area (Å²) in [5, 5.41) is 3.21. The lowest BCUT2D eigenvalue weighted by molar-refractivity contribution is -0.154. The summed E-state index contributed by atoms with van der Waals surface area (Å²) in [5.41, 5.74) is 0.189. The van der Waals surface area contributed by atoms with Crippen LogP contribution in [-0.4, -0.2) is 28.6 Å². The number of ether oxygens (including phenoxy) is 1. The fraction of sp³-hybridized carbons (Fsp3) is 0.550. The Bertz CT molecular complexity index is 882. The van der Waals surface area contributed by atoms with E-state index in [1.165, 1.54) is 11.3 Å². The number of nitrogens with zero attached hydrogens (tertiary/aromatic N) is 2. The molecule has 8 heteroatoms. The first-order chi connectivity index (χ1) is 13.5. The normalized spacial score (nSPS) is 26.3. The van der Waals surface area contributed by atoms with Crippen LogP contribution in [0, 0.1) is 30.5 Å². The lowest BCUT2D eigenvalue weighted by Gasteiger charge is -2.47. The lowest BCUT2D eigenvalue weighted by atomic mass is 9.61. The number of thiophene rings is 1. The molecule has 3 fully saturated rings. The van der Waals surface area contributed by atoms with Crippen LogP contribution in [0.15, 0.2) is 12.1 Å². The number of hydrogen-bond donors (Lipinski definition) is 1. The second-order valence-electron chi connectivity index (χ2n) is 7.54. The molecule has 2 aromatic rings. The van der Waals surface area contributed by atoms with E-state index in [0.29, 0.717) is 17.4 Å². The molecule has 5 rings (SSSR count). The van der Waals surface area contributed by atoms with Crippen molar-refractivity contribution in [2.24, 2.45) is 17.8 Å². The third-order valence-corrected chi connectivity index (χ3v) is 7.06. The third-order valence-electron chi connectivity index (χ3n) is 5.88. The molecule has 3 aliphatic rings. The average Bonchev–Trinajstić information content (AvgIpc) is 3.11. The van der Waals surface area contributed by atoms with Gasteiger partial charge in [-0.2, -0.15) is 4.98 Å². The van der Waals surface area contributed by atoms with Gasteiger partial charge in [0.15, 0.2) is 11.6 Å². The highest BCUT2D eigenvalue weighted by molar-refractivity contribution is 7.15. The summed E-state index contributed by atoms with van der Waals surface area (Å²) >= 11 is 7.56. The van der Waals surface area contributed by atoms with Gasteiger partial charge in [0.25, 0.3) is 0 Å². The van der Waals surface area contributed by atoms with Crippen LogP contribution in [0.1, 0.15) is 37.5 Å². The maximum atomic E-state index is 15.3. The van der Waals surface area contributed by atoms with Crippen molar-refractivity contribution in [1.82, 2.24) is 9.97 Å². The summed E-state index contributed by atoms with van der Waals surface area (Å²) in [4.78, 5) is 22.6. The second-order valence-corrected chi connectivity index (χ2v) is 9.16. The second kappa shape index (κ2) is 7.95. The predicted octanol–water partition coefficient (Wildman–Crippen LogP) is 5.09. The van der Waals surface area contributed by atoms with E-state index < -0.39 is 5.82 Å². The third kappa shape index (κ3) is 3.62. The van der Waals surface area contributed by atoms with Gasteiger partial charge in [-0.1, -0.05) is 0 Å². The number of esters is 1. The fourth-order valence-corrected chi connectivity index (χ4v) is 5.65. The van der Waals surface area contributed by atoms with Crippen LogP contribution in [0.3, 0.4) is 0 Å². The summed E-state index contributed by atoms with van der Waals surface area (Å²) in [6.07, 6.45) is 4.07. The molecular weight excluding hydrogens is 401 g/mol. The van der Waals surface area contributed by atoms with E-state index in [-0.39, 0.29) is 40.6 Å². The lowest BCUT2D eigenvalue weighted by Crippen LogP contribution is -2.52. The average molecular weight is 424 g/mol. The molecule has 0 aliphatic heterocycles. The highest BCUT2D eigenvalue weighted by Gasteiger charge is 2.48. The van der Waals surface area contributed by atoms with Crippen molar-refractivity contribution in [1.29, 1.82) is 0 Å². The SMILES string of the molecule is CCOC(=O)[C@H]1C2CCC(CC2)[C@@H]1Nc1nc(Cl)nc(-c2ccc(C)s2)c1F. The van der Waals surface area contributed by atoms with Gasteiger partial charge in [-0.25, -0.2) is 9.37 Å². The van der Waals surface area contributed by atoms with Gasteiger partial charge in [0.1, 0.15) is 5.69 Å². The standard InChI is InChI=1S/C20H23ClFN3O2S/c1-3-27-19(26)14-11-5-7-12(8-6-11)16(14)23-18-15(22)17(24-20(21)25-18)13-9-4-10(2)28-13/h4,9,11-12,14,16H,3,5-8H2,1-2H3,(H,23,24,25)/t11?,12?,14-,16-/m0/s1. The highest BCUT2D eigenvalue weighted by Crippen LogP contribution is 2.47. The Morgan fingerprint density at radius 1 is 1.29 bits per heavy atom. The Balaban J connectivity index is 1.67. The molecule has 2 atom stereocenters. The van der Waals surface area contributed by atoms with Gasteiger partial charge in [0.05, 0.1) is 17.4 Å². The monoisotopic (exact) mass is 423 g/mol. The van der Waals surface area contributed by atoms with Crippen molar-refractivity contribution in [3.8, 4) is 10.6 Å². The van der Waals surface area contributed by atoms with Crippen molar-refractivity contribution in [3.05, 3.63) is 28.1 Å². The Morgan fingerprint density at radius 3 is 2.64 bits per heavy atom. The summed E-state index contributed by atoms with van der Waals surface area (Å²) in [6, 6.07) is 3.54. The van der Waals surface area contributed by atoms with Crippen molar-refractivity contribution in [2.45, 2.75) is 45.6 Å². The Labute approximate surface area is 172 Å². The topological polar surface area (TPSA) is 64.1 Å². The number of rotatable bonds is 5. The van der Waals surface area contributed by atoms with Crippen LogP contribution in [0.4, 0.5) is 10.2 Å². The number of carbonyl (C=O) groups is 1. The molecule has 3 aliphatic carbocycles. The molecule has 0 saturated heterocycles. The molecule has 0 amide bonds. The zero-order valence-corrected chi connectivity index (χ0v) is 17.4. The molecule has 0 unspecified atom stereocenters. The van der Waals surface area contributed by atoms with Gasteiger partial charge >= 0.3 is 5.97 Å². The van der Waals surface area contributed by atoms with E-state index in [0.717, 1.165) is 30.6 Å². The van der Waals surface area contributed by atoms with Crippen LogP contribution < -0.4 is 5.32 Å².